The van der Waals surface area contributed by atoms with Crippen LogP contribution in [0.25, 0.3) is 6.08 Å². The number of phenolic OH excluding ortho intramolecular Hbond substituents is 2. The maximum atomic E-state index is 13.6. The number of phenols is 2. The fraction of sp³-hybridized carbons (Fsp3) is 0.0556. The summed E-state index contributed by atoms with van der Waals surface area (Å²) < 4.78 is 26.5. The average molecular weight is 406 g/mol. The molecule has 0 bridgehead atoms. The first-order valence-corrected chi connectivity index (χ1v) is 8.58. The summed E-state index contributed by atoms with van der Waals surface area (Å²) in [6.45, 7) is -0.653. The van der Waals surface area contributed by atoms with Gasteiger partial charge in [-0.15, -0.1) is 0 Å². The maximum Gasteiger partial charge on any atom is 0.294 e. The minimum absolute atomic E-state index is 0.0100. The van der Waals surface area contributed by atoms with Gasteiger partial charge in [0.2, 0.25) is 5.91 Å². The molecule has 2 aromatic carbocycles. The molecule has 0 saturated carbocycles. The lowest BCUT2D eigenvalue weighted by Crippen LogP contribution is -2.36. The number of halogens is 2. The summed E-state index contributed by atoms with van der Waals surface area (Å²) in [5, 5.41) is 20.3. The van der Waals surface area contributed by atoms with Crippen LogP contribution in [-0.2, 0) is 9.59 Å². The van der Waals surface area contributed by atoms with Gasteiger partial charge in [-0.05, 0) is 47.7 Å². The molecule has 3 rings (SSSR count). The van der Waals surface area contributed by atoms with Crippen LogP contribution in [-0.4, -0.2) is 38.7 Å². The number of nitrogens with one attached hydrogen (secondary N) is 1. The minimum atomic E-state index is -0.991. The zero-order valence-electron chi connectivity index (χ0n) is 14.0. The van der Waals surface area contributed by atoms with Gasteiger partial charge in [-0.2, -0.15) is 0 Å². The van der Waals surface area contributed by atoms with Crippen LogP contribution < -0.4 is 5.32 Å². The number of hydrogen-bond acceptors (Lipinski definition) is 6. The van der Waals surface area contributed by atoms with Gasteiger partial charge in [0.25, 0.3) is 11.1 Å². The molecular weight excluding hydrogens is 394 g/mol. The quantitative estimate of drug-likeness (QED) is 0.532. The summed E-state index contributed by atoms with van der Waals surface area (Å²) >= 11 is 0.591. The molecule has 0 radical (unpaired) electrons. The van der Waals surface area contributed by atoms with E-state index in [2.05, 4.69) is 5.32 Å². The fourth-order valence-corrected chi connectivity index (χ4v) is 3.18. The Kier molecular flexibility index (Phi) is 5.32. The normalized spacial score (nSPS) is 15.4. The number of carbonyl (C=O) groups is 3. The lowest BCUT2D eigenvalue weighted by atomic mass is 10.2. The van der Waals surface area contributed by atoms with Crippen LogP contribution in [0.3, 0.4) is 0 Å². The van der Waals surface area contributed by atoms with Gasteiger partial charge in [0.05, 0.1) is 10.6 Å². The van der Waals surface area contributed by atoms with Crippen LogP contribution in [0.2, 0.25) is 0 Å². The predicted octanol–water partition coefficient (Wildman–Crippen LogP) is 3.05. The van der Waals surface area contributed by atoms with Crippen molar-refractivity contribution in [3.63, 3.8) is 0 Å². The van der Waals surface area contributed by atoms with Crippen molar-refractivity contribution < 1.29 is 33.4 Å². The number of nitrogens with zero attached hydrogens (tertiary/aromatic N) is 1. The number of rotatable bonds is 4. The molecule has 7 nitrogen and oxygen atoms in total. The van der Waals surface area contributed by atoms with Crippen molar-refractivity contribution in [1.82, 2.24) is 4.90 Å². The molecule has 1 heterocycles. The molecule has 1 aliphatic rings. The number of benzene rings is 2. The molecule has 0 aromatic heterocycles. The zero-order valence-corrected chi connectivity index (χ0v) is 14.8. The van der Waals surface area contributed by atoms with Gasteiger partial charge in [0, 0.05) is 6.07 Å². The summed E-state index contributed by atoms with van der Waals surface area (Å²) in [6, 6.07) is 6.41. The van der Waals surface area contributed by atoms with Crippen molar-refractivity contribution in [3.05, 3.63) is 58.5 Å². The minimum Gasteiger partial charge on any atom is -0.504 e. The largest absolute Gasteiger partial charge is 0.504 e. The number of imide groups is 1. The summed E-state index contributed by atoms with van der Waals surface area (Å²) in [4.78, 5) is 37.1. The third kappa shape index (κ3) is 4.12. The molecule has 0 unspecified atom stereocenters. The Morgan fingerprint density at radius 3 is 2.54 bits per heavy atom. The van der Waals surface area contributed by atoms with E-state index in [0.717, 1.165) is 12.1 Å². The van der Waals surface area contributed by atoms with Gasteiger partial charge < -0.3 is 15.5 Å². The van der Waals surface area contributed by atoms with Crippen LogP contribution in [0.5, 0.6) is 11.5 Å². The molecule has 2 aromatic rings. The molecule has 144 valence electrons. The molecule has 0 aliphatic carbocycles. The second-order valence-electron chi connectivity index (χ2n) is 5.69. The van der Waals surface area contributed by atoms with Crippen LogP contribution in [0, 0.1) is 11.6 Å². The zero-order chi connectivity index (χ0) is 20.4. The van der Waals surface area contributed by atoms with Gasteiger partial charge in [-0.25, -0.2) is 8.78 Å². The smallest absolute Gasteiger partial charge is 0.294 e. The number of carbonyl (C=O) groups excluding carboxylic acids is 3. The summed E-state index contributed by atoms with van der Waals surface area (Å²) in [5.41, 5.74) is 0.0760. The molecular formula is C18H12F2N2O5S. The van der Waals surface area contributed by atoms with Crippen molar-refractivity contribution in [2.24, 2.45) is 0 Å². The van der Waals surface area contributed by atoms with E-state index in [0.29, 0.717) is 28.3 Å². The van der Waals surface area contributed by atoms with E-state index in [1.807, 2.05) is 0 Å². The third-order valence-corrected chi connectivity index (χ3v) is 4.59. The van der Waals surface area contributed by atoms with Crippen LogP contribution in [0.15, 0.2) is 41.3 Å². The van der Waals surface area contributed by atoms with Gasteiger partial charge in [-0.1, -0.05) is 6.07 Å². The average Bonchev–Trinajstić information content (AvgIpc) is 2.88. The number of thioether (sulfide) groups is 1. The summed E-state index contributed by atoms with van der Waals surface area (Å²) in [5.74, 6) is -4.11. The second-order valence-corrected chi connectivity index (χ2v) is 6.68. The molecule has 0 spiro atoms. The van der Waals surface area contributed by atoms with E-state index < -0.39 is 41.0 Å². The maximum absolute atomic E-state index is 13.6. The third-order valence-electron chi connectivity index (χ3n) is 3.68. The van der Waals surface area contributed by atoms with Gasteiger partial charge >= 0.3 is 0 Å². The van der Waals surface area contributed by atoms with E-state index >= 15 is 0 Å². The molecule has 3 N–H and O–H groups in total. The van der Waals surface area contributed by atoms with Gasteiger partial charge in [0.1, 0.15) is 18.2 Å². The Bertz CT molecular complexity index is 1030. The number of amides is 3. The van der Waals surface area contributed by atoms with Crippen molar-refractivity contribution in [3.8, 4) is 11.5 Å². The summed E-state index contributed by atoms with van der Waals surface area (Å²) in [6.07, 6.45) is 1.32. The van der Waals surface area contributed by atoms with E-state index in [4.69, 9.17) is 0 Å². The Labute approximate surface area is 161 Å². The van der Waals surface area contributed by atoms with Gasteiger partial charge in [-0.3, -0.25) is 19.3 Å². The van der Waals surface area contributed by atoms with Crippen LogP contribution >= 0.6 is 11.8 Å². The fourth-order valence-electron chi connectivity index (χ4n) is 2.34. The van der Waals surface area contributed by atoms with Crippen molar-refractivity contribution in [1.29, 1.82) is 0 Å². The number of hydrogen-bond donors (Lipinski definition) is 3. The number of aromatic hydroxyl groups is 2. The molecule has 1 saturated heterocycles. The topological polar surface area (TPSA) is 107 Å². The van der Waals surface area contributed by atoms with Crippen molar-refractivity contribution >= 4 is 40.6 Å². The Morgan fingerprint density at radius 1 is 1.11 bits per heavy atom. The highest BCUT2D eigenvalue weighted by Crippen LogP contribution is 2.33. The molecule has 1 fully saturated rings. The van der Waals surface area contributed by atoms with Crippen molar-refractivity contribution in [2.45, 2.75) is 0 Å². The Hall–Kier alpha value is -3.40. The molecule has 0 atom stereocenters. The highest BCUT2D eigenvalue weighted by molar-refractivity contribution is 8.18. The Morgan fingerprint density at radius 2 is 1.86 bits per heavy atom. The predicted molar refractivity (Wildman–Crippen MR) is 97.4 cm³/mol. The highest BCUT2D eigenvalue weighted by atomic mass is 32.2. The molecule has 1 aliphatic heterocycles. The molecule has 28 heavy (non-hydrogen) atoms. The summed E-state index contributed by atoms with van der Waals surface area (Å²) in [7, 11) is 0. The first-order valence-electron chi connectivity index (χ1n) is 7.77. The van der Waals surface area contributed by atoms with Crippen molar-refractivity contribution in [2.75, 3.05) is 11.9 Å². The SMILES string of the molecule is O=C(CN1C(=O)SC(=Cc2ccc(O)c(O)c2)C1=O)Nc1ccc(F)cc1F. The lowest BCUT2D eigenvalue weighted by molar-refractivity contribution is -0.127. The Balaban J connectivity index is 1.71. The van der Waals surface area contributed by atoms with E-state index in [-0.39, 0.29) is 16.3 Å². The monoisotopic (exact) mass is 406 g/mol. The van der Waals surface area contributed by atoms with Crippen LogP contribution in [0.1, 0.15) is 5.56 Å². The van der Waals surface area contributed by atoms with E-state index in [1.165, 1.54) is 24.3 Å². The highest BCUT2D eigenvalue weighted by Gasteiger charge is 2.36. The first kappa shape index (κ1) is 19.4. The standard InChI is InChI=1S/C18H12F2N2O5S/c19-10-2-3-12(11(20)7-10)21-16(25)8-22-17(26)15(28-18(22)27)6-9-1-4-13(23)14(24)5-9/h1-7,23-24H,8H2,(H,21,25). The second kappa shape index (κ2) is 7.69. The lowest BCUT2D eigenvalue weighted by Gasteiger charge is -2.12. The molecule has 3 amide bonds. The first-order chi connectivity index (χ1) is 13.2. The van der Waals surface area contributed by atoms with E-state index in [9.17, 15) is 33.4 Å². The number of anilines is 1. The van der Waals surface area contributed by atoms with E-state index in [1.54, 1.807) is 0 Å². The van der Waals surface area contributed by atoms with Gasteiger partial charge in [0.15, 0.2) is 11.5 Å². The van der Waals surface area contributed by atoms with Crippen LogP contribution in [0.4, 0.5) is 19.3 Å². The molecule has 10 heteroatoms.